The first-order chi connectivity index (χ1) is 10.1. The van der Waals surface area contributed by atoms with Crippen molar-refractivity contribution in [1.29, 1.82) is 0 Å². The van der Waals surface area contributed by atoms with Gasteiger partial charge in [-0.3, -0.25) is 14.2 Å². The molecule has 1 aliphatic rings. The zero-order valence-corrected chi connectivity index (χ0v) is 12.1. The van der Waals surface area contributed by atoms with Crippen LogP contribution in [0.25, 0.3) is 10.9 Å². The minimum atomic E-state index is -0.120. The molecule has 1 fully saturated rings. The molecule has 0 aliphatic carbocycles. The number of ether oxygens (including phenoxy) is 1. The van der Waals surface area contributed by atoms with Crippen LogP contribution in [0.1, 0.15) is 18.9 Å². The Labute approximate surface area is 122 Å². The van der Waals surface area contributed by atoms with Gasteiger partial charge in [-0.05, 0) is 18.6 Å². The average Bonchev–Trinajstić information content (AvgIpc) is 2.50. The van der Waals surface area contributed by atoms with Gasteiger partial charge in [0.2, 0.25) is 5.91 Å². The van der Waals surface area contributed by atoms with Gasteiger partial charge in [0, 0.05) is 20.0 Å². The van der Waals surface area contributed by atoms with Crippen LogP contribution in [0.2, 0.25) is 0 Å². The Kier molecular flexibility index (Phi) is 3.37. The van der Waals surface area contributed by atoms with Gasteiger partial charge >= 0.3 is 0 Å². The van der Waals surface area contributed by atoms with Gasteiger partial charge in [0.1, 0.15) is 11.1 Å². The van der Waals surface area contributed by atoms with Crippen LogP contribution in [0.3, 0.4) is 0 Å². The van der Waals surface area contributed by atoms with Gasteiger partial charge in [-0.1, -0.05) is 6.07 Å². The molecule has 0 unspecified atom stereocenters. The summed E-state index contributed by atoms with van der Waals surface area (Å²) in [6, 6.07) is 5.32. The van der Waals surface area contributed by atoms with E-state index in [0.717, 1.165) is 0 Å². The van der Waals surface area contributed by atoms with Crippen LogP contribution < -0.4 is 10.3 Å². The van der Waals surface area contributed by atoms with Crippen LogP contribution in [0, 0.1) is 0 Å². The second-order valence-corrected chi connectivity index (χ2v) is 5.28. The van der Waals surface area contributed by atoms with E-state index < -0.39 is 0 Å². The van der Waals surface area contributed by atoms with Crippen molar-refractivity contribution in [3.05, 3.63) is 34.9 Å². The van der Waals surface area contributed by atoms with Gasteiger partial charge in [-0.2, -0.15) is 0 Å². The van der Waals surface area contributed by atoms with Gasteiger partial charge in [0.05, 0.1) is 25.0 Å². The molecule has 21 heavy (non-hydrogen) atoms. The van der Waals surface area contributed by atoms with Crippen LogP contribution in [0.4, 0.5) is 0 Å². The summed E-state index contributed by atoms with van der Waals surface area (Å²) in [5.41, 5.74) is 0.501. The molecule has 0 spiro atoms. The number of benzene rings is 1. The summed E-state index contributed by atoms with van der Waals surface area (Å²) in [6.07, 6.45) is 2.68. The topological polar surface area (TPSA) is 64.4 Å². The monoisotopic (exact) mass is 287 g/mol. The van der Waals surface area contributed by atoms with Crippen LogP contribution in [-0.4, -0.2) is 41.1 Å². The number of hydrogen-bond acceptors (Lipinski definition) is 4. The predicted octanol–water partition coefficient (Wildman–Crippen LogP) is 1.20. The van der Waals surface area contributed by atoms with E-state index in [0.29, 0.717) is 36.0 Å². The van der Waals surface area contributed by atoms with Crippen molar-refractivity contribution in [1.82, 2.24) is 14.5 Å². The van der Waals surface area contributed by atoms with E-state index in [9.17, 15) is 9.59 Å². The van der Waals surface area contributed by atoms with Crippen molar-refractivity contribution < 1.29 is 9.53 Å². The summed E-state index contributed by atoms with van der Waals surface area (Å²) < 4.78 is 6.89. The first-order valence-corrected chi connectivity index (χ1v) is 6.89. The molecule has 1 aromatic heterocycles. The number of piperidine rings is 1. The van der Waals surface area contributed by atoms with Gasteiger partial charge < -0.3 is 9.64 Å². The standard InChI is InChI=1S/C15H17N3O3/c1-17-8-10(6-7-13(17)19)18-9-16-11-4-3-5-12(21-2)14(11)15(18)20/h3-5,9-10H,6-8H2,1-2H3/t10-/m1/s1. The molecule has 0 N–H and O–H groups in total. The van der Waals surface area contributed by atoms with Crippen LogP contribution in [0.5, 0.6) is 5.75 Å². The number of methoxy groups -OCH3 is 1. The molecule has 0 radical (unpaired) electrons. The van der Waals surface area contributed by atoms with Crippen molar-refractivity contribution >= 4 is 16.8 Å². The molecule has 1 aromatic carbocycles. The third kappa shape index (κ3) is 2.26. The second-order valence-electron chi connectivity index (χ2n) is 5.28. The lowest BCUT2D eigenvalue weighted by Gasteiger charge is -2.30. The number of likely N-dealkylation sites (N-methyl/N-ethyl adjacent to an activating group) is 1. The van der Waals surface area contributed by atoms with Gasteiger partial charge in [0.25, 0.3) is 5.56 Å². The van der Waals surface area contributed by atoms with E-state index >= 15 is 0 Å². The zero-order chi connectivity index (χ0) is 15.0. The maximum atomic E-state index is 12.7. The summed E-state index contributed by atoms with van der Waals surface area (Å²) in [5.74, 6) is 0.644. The molecule has 6 heteroatoms. The van der Waals surface area contributed by atoms with Crippen molar-refractivity contribution in [2.75, 3.05) is 20.7 Å². The van der Waals surface area contributed by atoms with E-state index in [1.165, 1.54) is 0 Å². The smallest absolute Gasteiger partial charge is 0.265 e. The Morgan fingerprint density at radius 2 is 2.14 bits per heavy atom. The predicted molar refractivity (Wildman–Crippen MR) is 78.5 cm³/mol. The fourth-order valence-corrected chi connectivity index (χ4v) is 2.80. The van der Waals surface area contributed by atoms with E-state index in [4.69, 9.17) is 4.74 Å². The number of carbonyl (C=O) groups is 1. The number of aromatic nitrogens is 2. The van der Waals surface area contributed by atoms with Crippen molar-refractivity contribution in [2.45, 2.75) is 18.9 Å². The molecule has 2 aromatic rings. The maximum absolute atomic E-state index is 12.7. The molecule has 6 nitrogen and oxygen atoms in total. The highest BCUT2D eigenvalue weighted by Crippen LogP contribution is 2.23. The zero-order valence-electron chi connectivity index (χ0n) is 12.1. The second kappa shape index (κ2) is 5.20. The molecule has 0 saturated carbocycles. The molecule has 1 aliphatic heterocycles. The van der Waals surface area contributed by atoms with Gasteiger partial charge in [0.15, 0.2) is 0 Å². The minimum absolute atomic E-state index is 0.0398. The van der Waals surface area contributed by atoms with Crippen molar-refractivity contribution in [3.8, 4) is 5.75 Å². The number of likely N-dealkylation sites (tertiary alicyclic amines) is 1. The number of nitrogens with zero attached hydrogens (tertiary/aromatic N) is 3. The first kappa shape index (κ1) is 13.6. The lowest BCUT2D eigenvalue weighted by Crippen LogP contribution is -2.40. The number of fused-ring (bicyclic) bond motifs is 1. The molecule has 110 valence electrons. The van der Waals surface area contributed by atoms with Crippen molar-refractivity contribution in [2.24, 2.45) is 0 Å². The Hall–Kier alpha value is -2.37. The fraction of sp³-hybridized carbons (Fsp3) is 0.400. The highest BCUT2D eigenvalue weighted by molar-refractivity contribution is 5.84. The quantitative estimate of drug-likeness (QED) is 0.832. The highest BCUT2D eigenvalue weighted by Gasteiger charge is 2.25. The van der Waals surface area contributed by atoms with E-state index in [2.05, 4.69) is 4.98 Å². The number of hydrogen-bond donors (Lipinski definition) is 0. The lowest BCUT2D eigenvalue weighted by atomic mass is 10.1. The van der Waals surface area contributed by atoms with E-state index in [1.54, 1.807) is 42.1 Å². The molecular weight excluding hydrogens is 270 g/mol. The van der Waals surface area contributed by atoms with Crippen molar-refractivity contribution in [3.63, 3.8) is 0 Å². The molecular formula is C15H17N3O3. The molecule has 3 rings (SSSR count). The van der Waals surface area contributed by atoms with Gasteiger partial charge in [-0.25, -0.2) is 4.98 Å². The molecule has 1 saturated heterocycles. The first-order valence-electron chi connectivity index (χ1n) is 6.89. The largest absolute Gasteiger partial charge is 0.496 e. The number of rotatable bonds is 2. The van der Waals surface area contributed by atoms with E-state index in [1.807, 2.05) is 6.07 Å². The van der Waals surface area contributed by atoms with Gasteiger partial charge in [-0.15, -0.1) is 0 Å². The Morgan fingerprint density at radius 3 is 2.86 bits per heavy atom. The highest BCUT2D eigenvalue weighted by atomic mass is 16.5. The Bertz CT molecular complexity index is 753. The number of carbonyl (C=O) groups excluding carboxylic acids is 1. The summed E-state index contributed by atoms with van der Waals surface area (Å²) >= 11 is 0. The normalized spacial score (nSPS) is 19.0. The van der Waals surface area contributed by atoms with Crippen LogP contribution in [0.15, 0.2) is 29.3 Å². The molecule has 2 heterocycles. The Balaban J connectivity index is 2.10. The Morgan fingerprint density at radius 1 is 1.33 bits per heavy atom. The van der Waals surface area contributed by atoms with Crippen LogP contribution >= 0.6 is 0 Å². The molecule has 1 atom stereocenters. The lowest BCUT2D eigenvalue weighted by molar-refractivity contribution is -0.132. The SMILES string of the molecule is COc1cccc2ncn([C@@H]3CCC(=O)N(C)C3)c(=O)c12. The third-order valence-electron chi connectivity index (χ3n) is 3.99. The molecule has 0 bridgehead atoms. The van der Waals surface area contributed by atoms with Crippen LogP contribution in [-0.2, 0) is 4.79 Å². The van der Waals surface area contributed by atoms with E-state index in [-0.39, 0.29) is 17.5 Å². The molecule has 1 amide bonds. The fourth-order valence-electron chi connectivity index (χ4n) is 2.80. The summed E-state index contributed by atoms with van der Waals surface area (Å²) in [5, 5.41) is 0.488. The number of amides is 1. The summed E-state index contributed by atoms with van der Waals surface area (Å²) in [6.45, 7) is 0.529. The third-order valence-corrected chi connectivity index (χ3v) is 3.99. The minimum Gasteiger partial charge on any atom is -0.496 e. The summed E-state index contributed by atoms with van der Waals surface area (Å²) in [4.78, 5) is 30.3. The average molecular weight is 287 g/mol. The maximum Gasteiger partial charge on any atom is 0.265 e. The summed E-state index contributed by atoms with van der Waals surface area (Å²) in [7, 11) is 3.30.